The van der Waals surface area contributed by atoms with E-state index in [9.17, 15) is 9.90 Å². The van der Waals surface area contributed by atoms with Crippen molar-refractivity contribution in [3.05, 3.63) is 50.9 Å². The minimum absolute atomic E-state index is 0.159. The Kier molecular flexibility index (Phi) is 5.33. The first kappa shape index (κ1) is 15.9. The maximum absolute atomic E-state index is 12.1. The van der Waals surface area contributed by atoms with Crippen LogP contribution in [0.3, 0.4) is 0 Å². The van der Waals surface area contributed by atoms with Crippen molar-refractivity contribution in [2.24, 2.45) is 0 Å². The molecule has 6 heteroatoms. The minimum Gasteiger partial charge on any atom is -0.387 e. The number of aliphatic hydroxyl groups excluding tert-OH is 1. The second kappa shape index (κ2) is 7.02. The highest BCUT2D eigenvalue weighted by Crippen LogP contribution is 2.18. The Morgan fingerprint density at radius 2 is 2.24 bits per heavy atom. The van der Waals surface area contributed by atoms with Crippen LogP contribution >= 0.6 is 22.9 Å². The molecule has 0 saturated heterocycles. The molecule has 112 valence electrons. The number of carbonyl (C=O) groups excluding carboxylic acids is 1. The van der Waals surface area contributed by atoms with Crippen molar-refractivity contribution in [2.45, 2.75) is 25.9 Å². The second-order valence-corrected chi connectivity index (χ2v) is 6.21. The van der Waals surface area contributed by atoms with Gasteiger partial charge in [-0.05, 0) is 40.4 Å². The van der Waals surface area contributed by atoms with E-state index in [1.807, 2.05) is 30.7 Å². The van der Waals surface area contributed by atoms with Crippen LogP contribution in [0.4, 0.5) is 0 Å². The summed E-state index contributed by atoms with van der Waals surface area (Å²) in [5.41, 5.74) is 2.03. The van der Waals surface area contributed by atoms with Crippen molar-refractivity contribution in [1.29, 1.82) is 0 Å². The molecule has 2 aromatic heterocycles. The molecule has 2 N–H and O–H groups in total. The number of aromatic nitrogens is 1. The monoisotopic (exact) mass is 324 g/mol. The van der Waals surface area contributed by atoms with Gasteiger partial charge in [0.05, 0.1) is 6.10 Å². The Labute approximate surface area is 132 Å². The van der Waals surface area contributed by atoms with Crippen LogP contribution in [0.2, 0.25) is 5.15 Å². The Hall–Kier alpha value is -1.43. The summed E-state index contributed by atoms with van der Waals surface area (Å²) in [5, 5.41) is 16.7. The summed E-state index contributed by atoms with van der Waals surface area (Å²) in [6.45, 7) is 4.13. The first-order chi connectivity index (χ1) is 9.97. The van der Waals surface area contributed by atoms with E-state index in [0.29, 0.717) is 10.7 Å². The molecule has 0 spiro atoms. The molecule has 1 unspecified atom stereocenters. The summed E-state index contributed by atoms with van der Waals surface area (Å²) in [6, 6.07) is 5.09. The highest BCUT2D eigenvalue weighted by atomic mass is 35.5. The van der Waals surface area contributed by atoms with Gasteiger partial charge in [-0.3, -0.25) is 4.79 Å². The smallest absolute Gasteiger partial charge is 0.251 e. The Morgan fingerprint density at radius 1 is 1.48 bits per heavy atom. The van der Waals surface area contributed by atoms with Crippen LogP contribution in [-0.2, 0) is 0 Å². The summed E-state index contributed by atoms with van der Waals surface area (Å²) >= 11 is 7.45. The Bertz CT molecular complexity index is 614. The summed E-state index contributed by atoms with van der Waals surface area (Å²) in [4.78, 5) is 16.3. The number of nitrogens with one attached hydrogen (secondary N) is 1. The van der Waals surface area contributed by atoms with E-state index in [1.165, 1.54) is 17.4 Å². The number of thiophene rings is 1. The highest BCUT2D eigenvalue weighted by molar-refractivity contribution is 7.07. The first-order valence-electron chi connectivity index (χ1n) is 6.63. The molecule has 0 fully saturated rings. The van der Waals surface area contributed by atoms with Gasteiger partial charge in [-0.25, -0.2) is 4.98 Å². The topological polar surface area (TPSA) is 62.2 Å². The van der Waals surface area contributed by atoms with Gasteiger partial charge in [-0.2, -0.15) is 11.3 Å². The molecule has 0 radical (unpaired) electrons. The zero-order chi connectivity index (χ0) is 15.4. The molecule has 2 heterocycles. The quantitative estimate of drug-likeness (QED) is 0.829. The van der Waals surface area contributed by atoms with Crippen molar-refractivity contribution in [3.8, 4) is 0 Å². The molecule has 1 amide bonds. The Morgan fingerprint density at radius 3 is 2.86 bits per heavy atom. The molecule has 0 aliphatic carbocycles. The van der Waals surface area contributed by atoms with E-state index in [1.54, 1.807) is 6.07 Å². The first-order valence-corrected chi connectivity index (χ1v) is 7.95. The maximum Gasteiger partial charge on any atom is 0.251 e. The van der Waals surface area contributed by atoms with E-state index >= 15 is 0 Å². The maximum atomic E-state index is 12.1. The normalized spacial score (nSPS) is 12.4. The van der Waals surface area contributed by atoms with Crippen molar-refractivity contribution < 1.29 is 9.90 Å². The predicted molar refractivity (Wildman–Crippen MR) is 84.9 cm³/mol. The average molecular weight is 325 g/mol. The van der Waals surface area contributed by atoms with E-state index in [-0.39, 0.29) is 18.4 Å². The van der Waals surface area contributed by atoms with Gasteiger partial charge in [0.25, 0.3) is 5.91 Å². The van der Waals surface area contributed by atoms with Crippen molar-refractivity contribution in [2.75, 3.05) is 6.54 Å². The molecular formula is C15H17ClN2O2S. The Balaban J connectivity index is 2.03. The molecule has 0 bridgehead atoms. The number of aliphatic hydroxyl groups is 1. The number of hydrogen-bond acceptors (Lipinski definition) is 4. The molecule has 0 aromatic carbocycles. The minimum atomic E-state index is -0.706. The van der Waals surface area contributed by atoms with Gasteiger partial charge >= 0.3 is 0 Å². The number of hydrogen-bond donors (Lipinski definition) is 2. The molecule has 21 heavy (non-hydrogen) atoms. The number of amides is 1. The number of pyridine rings is 1. The van der Waals surface area contributed by atoms with E-state index in [4.69, 9.17) is 11.6 Å². The molecule has 4 nitrogen and oxygen atoms in total. The fourth-order valence-corrected chi connectivity index (χ4v) is 2.74. The average Bonchev–Trinajstić information content (AvgIpc) is 2.97. The van der Waals surface area contributed by atoms with Crippen molar-refractivity contribution in [1.82, 2.24) is 10.3 Å². The third kappa shape index (κ3) is 4.27. The molecular weight excluding hydrogens is 308 g/mol. The standard InChI is InChI=1S/C15H17ClN2O2S/c1-9(2)12-5-11(6-14(16)18-12)15(20)17-7-13(19)10-3-4-21-8-10/h3-6,8-9,13,19H,7H2,1-2H3,(H,17,20). The zero-order valence-corrected chi connectivity index (χ0v) is 13.4. The van der Waals surface area contributed by atoms with Gasteiger partial charge in [0, 0.05) is 17.8 Å². The number of nitrogens with zero attached hydrogens (tertiary/aromatic N) is 1. The van der Waals surface area contributed by atoms with Gasteiger partial charge in [0.2, 0.25) is 0 Å². The lowest BCUT2D eigenvalue weighted by atomic mass is 10.1. The molecule has 0 aliphatic heterocycles. The third-order valence-corrected chi connectivity index (χ3v) is 3.95. The lowest BCUT2D eigenvalue weighted by Crippen LogP contribution is -2.28. The van der Waals surface area contributed by atoms with Crippen LogP contribution < -0.4 is 5.32 Å². The van der Waals surface area contributed by atoms with Crippen LogP contribution in [0, 0.1) is 0 Å². The largest absolute Gasteiger partial charge is 0.387 e. The van der Waals surface area contributed by atoms with Crippen LogP contribution in [0.15, 0.2) is 29.0 Å². The van der Waals surface area contributed by atoms with Gasteiger partial charge in [0.1, 0.15) is 5.15 Å². The van der Waals surface area contributed by atoms with E-state index in [2.05, 4.69) is 10.3 Å². The van der Waals surface area contributed by atoms with E-state index in [0.717, 1.165) is 11.3 Å². The third-order valence-electron chi connectivity index (χ3n) is 3.05. The second-order valence-electron chi connectivity index (χ2n) is 5.04. The molecule has 2 aromatic rings. The molecule has 1 atom stereocenters. The zero-order valence-electron chi connectivity index (χ0n) is 11.8. The van der Waals surface area contributed by atoms with Crippen LogP contribution in [0.5, 0.6) is 0 Å². The molecule has 0 aliphatic rings. The van der Waals surface area contributed by atoms with Gasteiger partial charge in [-0.1, -0.05) is 25.4 Å². The highest BCUT2D eigenvalue weighted by Gasteiger charge is 2.13. The summed E-state index contributed by atoms with van der Waals surface area (Å²) in [7, 11) is 0. The van der Waals surface area contributed by atoms with Gasteiger partial charge < -0.3 is 10.4 Å². The lowest BCUT2D eigenvalue weighted by molar-refractivity contribution is 0.0916. The van der Waals surface area contributed by atoms with Crippen LogP contribution in [0.1, 0.15) is 47.5 Å². The fourth-order valence-electron chi connectivity index (χ4n) is 1.82. The number of rotatable bonds is 5. The van der Waals surface area contributed by atoms with Crippen molar-refractivity contribution >= 4 is 28.8 Å². The SMILES string of the molecule is CC(C)c1cc(C(=O)NCC(O)c2ccsc2)cc(Cl)n1. The summed E-state index contributed by atoms with van der Waals surface area (Å²) in [6.07, 6.45) is -0.706. The molecule has 2 rings (SSSR count). The predicted octanol–water partition coefficient (Wildman–Crippen LogP) is 3.38. The summed E-state index contributed by atoms with van der Waals surface area (Å²) < 4.78 is 0. The number of halogens is 1. The van der Waals surface area contributed by atoms with Gasteiger partial charge in [0.15, 0.2) is 0 Å². The van der Waals surface area contributed by atoms with Gasteiger partial charge in [-0.15, -0.1) is 0 Å². The lowest BCUT2D eigenvalue weighted by Gasteiger charge is -2.12. The van der Waals surface area contributed by atoms with Crippen LogP contribution in [-0.4, -0.2) is 22.5 Å². The molecule has 0 saturated carbocycles. The fraction of sp³-hybridized carbons (Fsp3) is 0.333. The van der Waals surface area contributed by atoms with Crippen molar-refractivity contribution in [3.63, 3.8) is 0 Å². The summed E-state index contributed by atoms with van der Waals surface area (Å²) in [5.74, 6) is -0.0814. The van der Waals surface area contributed by atoms with E-state index < -0.39 is 6.10 Å². The number of carbonyl (C=O) groups is 1. The van der Waals surface area contributed by atoms with Crippen LogP contribution in [0.25, 0.3) is 0 Å².